The van der Waals surface area contributed by atoms with Crippen molar-refractivity contribution in [2.24, 2.45) is 0 Å². The summed E-state index contributed by atoms with van der Waals surface area (Å²) in [6.07, 6.45) is 1.39. The van der Waals surface area contributed by atoms with E-state index in [-0.39, 0.29) is 30.4 Å². The fourth-order valence-electron chi connectivity index (χ4n) is 3.16. The molecular weight excluding hydrogens is 449 g/mol. The Kier molecular flexibility index (Phi) is 6.47. The minimum atomic E-state index is -0.315. The van der Waals surface area contributed by atoms with E-state index in [4.69, 9.17) is 4.74 Å². The molecule has 2 aliphatic rings. The van der Waals surface area contributed by atoms with Crippen molar-refractivity contribution in [2.45, 2.75) is 18.9 Å². The van der Waals surface area contributed by atoms with Gasteiger partial charge in [-0.3, -0.25) is 14.4 Å². The number of benzene rings is 1. The second-order valence-corrected chi connectivity index (χ2v) is 7.53. The first kappa shape index (κ1) is 19.1. The van der Waals surface area contributed by atoms with Crippen LogP contribution in [-0.2, 0) is 14.3 Å². The highest BCUT2D eigenvalue weighted by Gasteiger charge is 2.31. The number of amides is 3. The minimum Gasteiger partial charge on any atom is -0.368 e. The van der Waals surface area contributed by atoms with Gasteiger partial charge < -0.3 is 19.9 Å². The summed E-state index contributed by atoms with van der Waals surface area (Å²) in [4.78, 5) is 40.3. The molecule has 1 atom stereocenters. The lowest BCUT2D eigenvalue weighted by atomic mass is 10.2. The van der Waals surface area contributed by atoms with Gasteiger partial charge in [0.05, 0.1) is 12.1 Å². The summed E-state index contributed by atoms with van der Waals surface area (Å²) in [6, 6.07) is 7.24. The molecule has 0 bridgehead atoms. The average molecular weight is 471 g/mol. The van der Waals surface area contributed by atoms with Crippen molar-refractivity contribution in [2.75, 3.05) is 39.3 Å². The van der Waals surface area contributed by atoms with Gasteiger partial charge in [-0.15, -0.1) is 0 Å². The molecule has 2 heterocycles. The van der Waals surface area contributed by atoms with Crippen molar-refractivity contribution in [3.8, 4) is 0 Å². The van der Waals surface area contributed by atoms with Gasteiger partial charge in [-0.1, -0.05) is 12.1 Å². The number of nitrogens with zero attached hydrogens (tertiary/aromatic N) is 2. The third-order valence-electron chi connectivity index (χ3n) is 4.67. The second-order valence-electron chi connectivity index (χ2n) is 6.37. The molecule has 8 heteroatoms. The highest BCUT2D eigenvalue weighted by Crippen LogP contribution is 2.16. The van der Waals surface area contributed by atoms with E-state index < -0.39 is 0 Å². The standard InChI is InChI=1S/C18H22IN3O4/c19-14-5-2-1-4-13(14)17(24)20-12-16(23)21-7-9-22(10-8-21)18(25)15-6-3-11-26-15/h1-2,4-5,15H,3,6-12H2,(H,20,24). The number of nitrogens with one attached hydrogen (secondary N) is 1. The first-order valence-corrected chi connectivity index (χ1v) is 9.85. The quantitative estimate of drug-likeness (QED) is 0.662. The fourth-order valence-corrected chi connectivity index (χ4v) is 3.79. The summed E-state index contributed by atoms with van der Waals surface area (Å²) in [5.74, 6) is -0.356. The predicted molar refractivity (Wildman–Crippen MR) is 104 cm³/mol. The molecule has 1 unspecified atom stereocenters. The number of hydrogen-bond donors (Lipinski definition) is 1. The van der Waals surface area contributed by atoms with Crippen LogP contribution in [0.15, 0.2) is 24.3 Å². The van der Waals surface area contributed by atoms with Gasteiger partial charge in [-0.2, -0.15) is 0 Å². The number of halogens is 1. The highest BCUT2D eigenvalue weighted by molar-refractivity contribution is 14.1. The maximum absolute atomic E-state index is 12.3. The van der Waals surface area contributed by atoms with Crippen LogP contribution in [0, 0.1) is 3.57 Å². The van der Waals surface area contributed by atoms with Gasteiger partial charge in [-0.25, -0.2) is 0 Å². The van der Waals surface area contributed by atoms with Crippen LogP contribution < -0.4 is 5.32 Å². The van der Waals surface area contributed by atoms with Crippen molar-refractivity contribution in [3.05, 3.63) is 33.4 Å². The molecule has 2 saturated heterocycles. The van der Waals surface area contributed by atoms with Crippen LogP contribution in [0.4, 0.5) is 0 Å². The van der Waals surface area contributed by atoms with Crippen LogP contribution in [0.2, 0.25) is 0 Å². The number of ether oxygens (including phenoxy) is 1. The molecule has 140 valence electrons. The number of piperazine rings is 1. The summed E-state index contributed by atoms with van der Waals surface area (Å²) in [6.45, 7) is 2.59. The first-order chi connectivity index (χ1) is 12.6. The molecule has 3 amide bonds. The number of rotatable bonds is 4. The largest absolute Gasteiger partial charge is 0.368 e. The van der Waals surface area contributed by atoms with E-state index in [9.17, 15) is 14.4 Å². The molecule has 1 aromatic rings. The monoisotopic (exact) mass is 471 g/mol. The SMILES string of the molecule is O=C(NCC(=O)N1CCN(C(=O)C2CCCO2)CC1)c1ccccc1I. The Morgan fingerprint density at radius 3 is 2.46 bits per heavy atom. The Balaban J connectivity index is 1.44. The minimum absolute atomic E-state index is 0.0292. The van der Waals surface area contributed by atoms with Crippen molar-refractivity contribution >= 4 is 40.3 Å². The van der Waals surface area contributed by atoms with E-state index in [2.05, 4.69) is 27.9 Å². The van der Waals surface area contributed by atoms with Crippen molar-refractivity contribution in [1.29, 1.82) is 0 Å². The lowest BCUT2D eigenvalue weighted by Gasteiger charge is -2.35. The maximum atomic E-state index is 12.3. The average Bonchev–Trinajstić information content (AvgIpc) is 3.20. The van der Waals surface area contributed by atoms with Crippen LogP contribution in [0.25, 0.3) is 0 Å². The molecule has 7 nitrogen and oxygen atoms in total. The van der Waals surface area contributed by atoms with Gasteiger partial charge in [0.15, 0.2) is 0 Å². The maximum Gasteiger partial charge on any atom is 0.252 e. The van der Waals surface area contributed by atoms with Gasteiger partial charge >= 0.3 is 0 Å². The van der Waals surface area contributed by atoms with E-state index in [0.717, 1.165) is 16.4 Å². The Bertz CT molecular complexity index is 683. The number of carbonyl (C=O) groups excluding carboxylic acids is 3. The molecule has 2 fully saturated rings. The van der Waals surface area contributed by atoms with Gasteiger partial charge in [0.1, 0.15) is 6.10 Å². The van der Waals surface area contributed by atoms with Crippen LogP contribution >= 0.6 is 22.6 Å². The number of carbonyl (C=O) groups is 3. The summed E-state index contributed by atoms with van der Waals surface area (Å²) < 4.78 is 6.28. The second kappa shape index (κ2) is 8.81. The van der Waals surface area contributed by atoms with Crippen LogP contribution in [0.5, 0.6) is 0 Å². The van der Waals surface area contributed by atoms with Gasteiger partial charge in [0.2, 0.25) is 5.91 Å². The summed E-state index contributed by atoms with van der Waals surface area (Å²) >= 11 is 2.10. The molecule has 0 aliphatic carbocycles. The van der Waals surface area contributed by atoms with Crippen LogP contribution in [0.1, 0.15) is 23.2 Å². The third-order valence-corrected chi connectivity index (χ3v) is 5.61. The van der Waals surface area contributed by atoms with Crippen LogP contribution in [-0.4, -0.2) is 73.0 Å². The van der Waals surface area contributed by atoms with E-state index in [1.54, 1.807) is 21.9 Å². The molecule has 0 saturated carbocycles. The molecule has 1 aromatic carbocycles. The Morgan fingerprint density at radius 1 is 1.12 bits per heavy atom. The molecule has 0 aromatic heterocycles. The topological polar surface area (TPSA) is 79.0 Å². The van der Waals surface area contributed by atoms with Crippen molar-refractivity contribution in [1.82, 2.24) is 15.1 Å². The molecule has 3 rings (SSSR count). The fraction of sp³-hybridized carbons (Fsp3) is 0.500. The van der Waals surface area contributed by atoms with E-state index in [1.807, 2.05) is 12.1 Å². The number of hydrogen-bond acceptors (Lipinski definition) is 4. The zero-order valence-electron chi connectivity index (χ0n) is 14.4. The Hall–Kier alpha value is -1.68. The molecule has 0 radical (unpaired) electrons. The summed E-state index contributed by atoms with van der Waals surface area (Å²) in [5.41, 5.74) is 0.563. The zero-order valence-corrected chi connectivity index (χ0v) is 16.6. The van der Waals surface area contributed by atoms with Crippen molar-refractivity contribution in [3.63, 3.8) is 0 Å². The van der Waals surface area contributed by atoms with Gasteiger partial charge in [0, 0.05) is 36.4 Å². The summed E-state index contributed by atoms with van der Waals surface area (Å²) in [7, 11) is 0. The highest BCUT2D eigenvalue weighted by atomic mass is 127. The Labute approximate surface area is 166 Å². The van der Waals surface area contributed by atoms with E-state index in [0.29, 0.717) is 38.3 Å². The van der Waals surface area contributed by atoms with E-state index >= 15 is 0 Å². The normalized spacial score (nSPS) is 20.1. The van der Waals surface area contributed by atoms with Crippen LogP contribution in [0.3, 0.4) is 0 Å². The Morgan fingerprint density at radius 2 is 1.81 bits per heavy atom. The predicted octanol–water partition coefficient (Wildman–Crippen LogP) is 0.871. The molecule has 2 aliphatic heterocycles. The summed E-state index contributed by atoms with van der Waals surface area (Å²) in [5, 5.41) is 2.68. The lowest BCUT2D eigenvalue weighted by Crippen LogP contribution is -2.54. The zero-order chi connectivity index (χ0) is 18.5. The third kappa shape index (κ3) is 4.53. The smallest absolute Gasteiger partial charge is 0.252 e. The van der Waals surface area contributed by atoms with Gasteiger partial charge in [0.25, 0.3) is 11.8 Å². The molecule has 26 heavy (non-hydrogen) atoms. The molecule has 1 N–H and O–H groups in total. The molecular formula is C18H22IN3O4. The van der Waals surface area contributed by atoms with Gasteiger partial charge in [-0.05, 0) is 47.6 Å². The molecule has 0 spiro atoms. The lowest BCUT2D eigenvalue weighted by molar-refractivity contribution is -0.145. The first-order valence-electron chi connectivity index (χ1n) is 8.77. The van der Waals surface area contributed by atoms with E-state index in [1.165, 1.54) is 0 Å². The van der Waals surface area contributed by atoms with Crippen molar-refractivity contribution < 1.29 is 19.1 Å².